The van der Waals surface area contributed by atoms with Crippen LogP contribution in [0.25, 0.3) is 0 Å². The molecule has 1 saturated carbocycles. The summed E-state index contributed by atoms with van der Waals surface area (Å²) in [6.07, 6.45) is 5.43. The normalized spacial score (nSPS) is 23.6. The van der Waals surface area contributed by atoms with Crippen LogP contribution in [0.4, 0.5) is 0 Å². The van der Waals surface area contributed by atoms with E-state index in [2.05, 4.69) is 5.32 Å². The molecule has 0 unspecified atom stereocenters. The summed E-state index contributed by atoms with van der Waals surface area (Å²) >= 11 is 0. The van der Waals surface area contributed by atoms with Crippen molar-refractivity contribution in [3.05, 3.63) is 6.04 Å². The Bertz CT molecular complexity index is 46.1. The molecular weight excluding hydrogens is 86.1 g/mol. The van der Waals surface area contributed by atoms with Crippen molar-refractivity contribution >= 4 is 0 Å². The lowest BCUT2D eigenvalue weighted by molar-refractivity contribution is 0.743. The molecule has 1 fully saturated rings. The molecule has 1 nitrogen and oxygen atoms in total. The molecule has 0 heterocycles. The smallest absolute Gasteiger partial charge is 0.0361 e. The molecule has 0 aliphatic heterocycles. The summed E-state index contributed by atoms with van der Waals surface area (Å²) in [6.45, 7) is 0. The highest BCUT2D eigenvalue weighted by Crippen LogP contribution is 2.22. The summed E-state index contributed by atoms with van der Waals surface area (Å²) in [7, 11) is 2.01. The van der Waals surface area contributed by atoms with Crippen molar-refractivity contribution in [1.29, 1.82) is 0 Å². The lowest BCUT2D eigenvalue weighted by Gasteiger charge is -2.01. The predicted molar refractivity (Wildman–Crippen MR) is 30.8 cm³/mol. The van der Waals surface area contributed by atoms with E-state index in [1.54, 1.807) is 6.04 Å². The van der Waals surface area contributed by atoms with Gasteiger partial charge in [-0.1, -0.05) is 12.8 Å². The van der Waals surface area contributed by atoms with Crippen LogP contribution in [0.5, 0.6) is 0 Å². The van der Waals surface area contributed by atoms with Gasteiger partial charge in [0.2, 0.25) is 0 Å². The molecule has 0 spiro atoms. The van der Waals surface area contributed by atoms with Crippen molar-refractivity contribution in [2.45, 2.75) is 25.7 Å². The van der Waals surface area contributed by atoms with E-state index in [1.807, 2.05) is 7.05 Å². The minimum atomic E-state index is 1.32. The Kier molecular flexibility index (Phi) is 1.69. The largest absolute Gasteiger partial charge is 0.313 e. The fraction of sp³-hybridized carbons (Fsp3) is 0.833. The molecule has 1 heteroatoms. The van der Waals surface area contributed by atoms with Gasteiger partial charge in [0, 0.05) is 6.04 Å². The molecule has 0 aromatic carbocycles. The monoisotopic (exact) mass is 98.1 g/mol. The second-order valence-corrected chi connectivity index (χ2v) is 2.06. The van der Waals surface area contributed by atoms with E-state index in [0.717, 1.165) is 0 Å². The molecule has 0 bridgehead atoms. The first-order valence-corrected chi connectivity index (χ1v) is 2.96. The van der Waals surface area contributed by atoms with Crippen LogP contribution in [0.1, 0.15) is 25.7 Å². The fourth-order valence-electron chi connectivity index (χ4n) is 1.05. The minimum Gasteiger partial charge on any atom is -0.313 e. The maximum atomic E-state index is 3.18. The van der Waals surface area contributed by atoms with Crippen LogP contribution in [0.15, 0.2) is 0 Å². The molecule has 0 aromatic heterocycles. The summed E-state index contributed by atoms with van der Waals surface area (Å²) in [5.74, 6) is 0. The Morgan fingerprint density at radius 1 is 1.29 bits per heavy atom. The average molecular weight is 98.2 g/mol. The first kappa shape index (κ1) is 5.10. The summed E-state index contributed by atoms with van der Waals surface area (Å²) in [6, 6.07) is 1.54. The fourth-order valence-corrected chi connectivity index (χ4v) is 1.05. The maximum absolute atomic E-state index is 3.18. The molecule has 1 N–H and O–H groups in total. The van der Waals surface area contributed by atoms with Crippen LogP contribution in [0.2, 0.25) is 0 Å². The molecule has 1 aliphatic carbocycles. The number of nitrogens with one attached hydrogen (secondary N) is 1. The Hall–Kier alpha value is -0.0400. The van der Waals surface area contributed by atoms with Crippen LogP contribution >= 0.6 is 0 Å². The van der Waals surface area contributed by atoms with Crippen molar-refractivity contribution < 1.29 is 0 Å². The zero-order valence-corrected chi connectivity index (χ0v) is 4.83. The van der Waals surface area contributed by atoms with Crippen molar-refractivity contribution in [2.24, 2.45) is 0 Å². The minimum absolute atomic E-state index is 1.32. The van der Waals surface area contributed by atoms with E-state index < -0.39 is 0 Å². The van der Waals surface area contributed by atoms with Crippen molar-refractivity contribution in [3.63, 3.8) is 0 Å². The second-order valence-electron chi connectivity index (χ2n) is 2.06. The van der Waals surface area contributed by atoms with E-state index in [0.29, 0.717) is 0 Å². The standard InChI is InChI=1S/C6H12N/c1-7-6-4-2-3-5-6/h7H,2-5H2,1H3. The topological polar surface area (TPSA) is 12.0 Å². The van der Waals surface area contributed by atoms with Crippen LogP contribution < -0.4 is 5.32 Å². The Balaban J connectivity index is 2.14. The van der Waals surface area contributed by atoms with Gasteiger partial charge in [-0.3, -0.25) is 0 Å². The third kappa shape index (κ3) is 1.16. The van der Waals surface area contributed by atoms with E-state index >= 15 is 0 Å². The first-order valence-electron chi connectivity index (χ1n) is 2.96. The van der Waals surface area contributed by atoms with Crippen LogP contribution in [0, 0.1) is 6.04 Å². The third-order valence-electron chi connectivity index (χ3n) is 1.56. The van der Waals surface area contributed by atoms with Crippen LogP contribution in [-0.4, -0.2) is 7.05 Å². The number of hydrogen-bond donors (Lipinski definition) is 1. The molecule has 0 aromatic rings. The van der Waals surface area contributed by atoms with Gasteiger partial charge in [-0.25, -0.2) is 0 Å². The van der Waals surface area contributed by atoms with Gasteiger partial charge >= 0.3 is 0 Å². The molecule has 0 saturated heterocycles. The molecule has 1 rings (SSSR count). The molecule has 41 valence electrons. The van der Waals surface area contributed by atoms with Gasteiger partial charge in [0.05, 0.1) is 0 Å². The van der Waals surface area contributed by atoms with E-state index in [4.69, 9.17) is 0 Å². The van der Waals surface area contributed by atoms with E-state index in [-0.39, 0.29) is 0 Å². The summed E-state index contributed by atoms with van der Waals surface area (Å²) in [5, 5.41) is 3.18. The van der Waals surface area contributed by atoms with Gasteiger partial charge in [0.15, 0.2) is 0 Å². The molecular formula is C6H12N. The lowest BCUT2D eigenvalue weighted by atomic mass is 10.3. The van der Waals surface area contributed by atoms with Crippen LogP contribution in [0.3, 0.4) is 0 Å². The highest BCUT2D eigenvalue weighted by atomic mass is 14.9. The first-order chi connectivity index (χ1) is 3.43. The lowest BCUT2D eigenvalue weighted by Crippen LogP contribution is -2.10. The van der Waals surface area contributed by atoms with Gasteiger partial charge in [0.1, 0.15) is 0 Å². The highest BCUT2D eigenvalue weighted by molar-refractivity contribution is 4.89. The predicted octanol–water partition coefficient (Wildman–Crippen LogP) is 1.31. The van der Waals surface area contributed by atoms with Gasteiger partial charge in [0.25, 0.3) is 0 Å². The van der Waals surface area contributed by atoms with Crippen molar-refractivity contribution in [1.82, 2.24) is 5.32 Å². The summed E-state index contributed by atoms with van der Waals surface area (Å²) in [5.41, 5.74) is 0. The average Bonchev–Trinajstić information content (AvgIpc) is 2.14. The zero-order chi connectivity index (χ0) is 5.11. The zero-order valence-electron chi connectivity index (χ0n) is 4.83. The van der Waals surface area contributed by atoms with Crippen molar-refractivity contribution in [3.8, 4) is 0 Å². The van der Waals surface area contributed by atoms with E-state index in [1.165, 1.54) is 25.7 Å². The second kappa shape index (κ2) is 2.31. The maximum Gasteiger partial charge on any atom is 0.0361 e. The third-order valence-corrected chi connectivity index (χ3v) is 1.56. The van der Waals surface area contributed by atoms with Gasteiger partial charge in [-0.2, -0.15) is 0 Å². The Morgan fingerprint density at radius 3 is 2.14 bits per heavy atom. The molecule has 7 heavy (non-hydrogen) atoms. The van der Waals surface area contributed by atoms with Crippen molar-refractivity contribution in [2.75, 3.05) is 7.05 Å². The highest BCUT2D eigenvalue weighted by Gasteiger charge is 2.11. The molecule has 0 amide bonds. The summed E-state index contributed by atoms with van der Waals surface area (Å²) < 4.78 is 0. The molecule has 1 aliphatic rings. The summed E-state index contributed by atoms with van der Waals surface area (Å²) in [4.78, 5) is 0. The Morgan fingerprint density at radius 2 is 1.86 bits per heavy atom. The molecule has 1 radical (unpaired) electrons. The number of hydrogen-bond acceptors (Lipinski definition) is 1. The Labute approximate surface area is 45.1 Å². The van der Waals surface area contributed by atoms with Gasteiger partial charge in [-0.05, 0) is 19.9 Å². The molecule has 0 atom stereocenters. The van der Waals surface area contributed by atoms with Crippen LogP contribution in [-0.2, 0) is 0 Å². The number of rotatable bonds is 1. The van der Waals surface area contributed by atoms with Gasteiger partial charge < -0.3 is 5.32 Å². The quantitative estimate of drug-likeness (QED) is 0.521. The SMILES string of the molecule is CN[C]1CCCC1. The van der Waals surface area contributed by atoms with Gasteiger partial charge in [-0.15, -0.1) is 0 Å². The van der Waals surface area contributed by atoms with E-state index in [9.17, 15) is 0 Å².